The predicted octanol–water partition coefficient (Wildman–Crippen LogP) is 4.09. The van der Waals surface area contributed by atoms with E-state index >= 15 is 0 Å². The number of amides is 2. The predicted molar refractivity (Wildman–Crippen MR) is 89.2 cm³/mol. The third-order valence-electron chi connectivity index (χ3n) is 3.35. The number of hydrogen-bond acceptors (Lipinski definition) is 4. The first-order chi connectivity index (χ1) is 11.9. The number of rotatable bonds is 2. The van der Waals surface area contributed by atoms with Gasteiger partial charge in [0.25, 0.3) is 0 Å². The smallest absolute Gasteiger partial charge is 0.419 e. The average Bonchev–Trinajstić information content (AvgIpc) is 2.96. The van der Waals surface area contributed by atoms with Crippen molar-refractivity contribution >= 4 is 29.4 Å². The minimum absolute atomic E-state index is 0.204. The summed E-state index contributed by atoms with van der Waals surface area (Å²) in [6.45, 7) is 5.04. The van der Waals surface area contributed by atoms with E-state index in [0.29, 0.717) is 12.1 Å². The molecule has 144 valence electrons. The van der Waals surface area contributed by atoms with E-state index in [0.717, 1.165) is 6.07 Å². The van der Waals surface area contributed by atoms with Gasteiger partial charge in [-0.2, -0.15) is 13.2 Å². The van der Waals surface area contributed by atoms with Crippen molar-refractivity contribution in [3.63, 3.8) is 0 Å². The second kappa shape index (κ2) is 7.34. The van der Waals surface area contributed by atoms with Crippen molar-refractivity contribution in [2.75, 3.05) is 16.9 Å². The van der Waals surface area contributed by atoms with Crippen LogP contribution in [0.4, 0.5) is 28.0 Å². The third-order valence-corrected chi connectivity index (χ3v) is 4.36. The minimum atomic E-state index is -4.88. The first-order valence-electron chi connectivity index (χ1n) is 7.63. The summed E-state index contributed by atoms with van der Waals surface area (Å²) in [5, 5.41) is 2.30. The molecule has 0 saturated carbocycles. The lowest BCUT2D eigenvalue weighted by Crippen LogP contribution is -2.46. The first kappa shape index (κ1) is 20.3. The number of halogens is 4. The zero-order chi connectivity index (χ0) is 19.7. The molecule has 5 nitrogen and oxygen atoms in total. The number of ether oxygens (including phenoxy) is 1. The molecule has 26 heavy (non-hydrogen) atoms. The largest absolute Gasteiger partial charge is 0.444 e. The topological polar surface area (TPSA) is 58.6 Å². The summed E-state index contributed by atoms with van der Waals surface area (Å²) in [5.74, 6) is -1.59. The van der Waals surface area contributed by atoms with Crippen LogP contribution in [0.3, 0.4) is 0 Å². The summed E-state index contributed by atoms with van der Waals surface area (Å²) >= 11 is 1.32. The molecule has 1 aromatic carbocycles. The standard InChI is InChI=1S/C16H18F4N2O3S/c1-15(2,3)25-14(24)22-8-26-7-12(22)13(23)21-9-4-5-11(17)10(6-9)16(18,19)20/h4-6,12H,7-8H2,1-3H3,(H,21,23). The van der Waals surface area contributed by atoms with Gasteiger partial charge in [-0.25, -0.2) is 9.18 Å². The summed E-state index contributed by atoms with van der Waals surface area (Å²) in [6, 6.07) is 1.29. The molecule has 1 unspecified atom stereocenters. The maximum absolute atomic E-state index is 13.3. The molecular formula is C16H18F4N2O3S. The summed E-state index contributed by atoms with van der Waals surface area (Å²) in [6.07, 6.45) is -5.56. The van der Waals surface area contributed by atoms with Crippen molar-refractivity contribution in [1.82, 2.24) is 4.90 Å². The number of benzene rings is 1. The summed E-state index contributed by atoms with van der Waals surface area (Å²) in [7, 11) is 0. The highest BCUT2D eigenvalue weighted by Crippen LogP contribution is 2.33. The van der Waals surface area contributed by atoms with Crippen molar-refractivity contribution in [1.29, 1.82) is 0 Å². The molecule has 0 aliphatic carbocycles. The maximum Gasteiger partial charge on any atom is 0.419 e. The maximum atomic E-state index is 13.3. The van der Waals surface area contributed by atoms with Gasteiger partial charge in [-0.1, -0.05) is 0 Å². The van der Waals surface area contributed by atoms with Crippen molar-refractivity contribution in [3.8, 4) is 0 Å². The zero-order valence-electron chi connectivity index (χ0n) is 14.3. The Labute approximate surface area is 152 Å². The van der Waals surface area contributed by atoms with E-state index in [1.54, 1.807) is 20.8 Å². The van der Waals surface area contributed by atoms with Crippen LogP contribution in [0.1, 0.15) is 26.3 Å². The molecule has 1 N–H and O–H groups in total. The zero-order valence-corrected chi connectivity index (χ0v) is 15.1. The number of carbonyl (C=O) groups excluding carboxylic acids is 2. The van der Waals surface area contributed by atoms with E-state index in [4.69, 9.17) is 4.74 Å². The van der Waals surface area contributed by atoms with Gasteiger partial charge < -0.3 is 10.1 Å². The Balaban J connectivity index is 2.13. The lowest BCUT2D eigenvalue weighted by molar-refractivity contribution is -0.140. The number of thioether (sulfide) groups is 1. The summed E-state index contributed by atoms with van der Waals surface area (Å²) in [5.41, 5.74) is -2.42. The van der Waals surface area contributed by atoms with Gasteiger partial charge >= 0.3 is 12.3 Å². The highest BCUT2D eigenvalue weighted by atomic mass is 32.2. The third kappa shape index (κ3) is 5.03. The Hall–Kier alpha value is -1.97. The van der Waals surface area contributed by atoms with Crippen LogP contribution in [0.15, 0.2) is 18.2 Å². The Bertz CT molecular complexity index is 704. The number of anilines is 1. The molecule has 0 radical (unpaired) electrons. The average molecular weight is 394 g/mol. The van der Waals surface area contributed by atoms with E-state index in [1.165, 1.54) is 16.7 Å². The molecule has 0 aromatic heterocycles. The quantitative estimate of drug-likeness (QED) is 0.768. The fourth-order valence-electron chi connectivity index (χ4n) is 2.21. The molecule has 1 aliphatic heterocycles. The van der Waals surface area contributed by atoms with Gasteiger partial charge in [-0.05, 0) is 39.0 Å². The van der Waals surface area contributed by atoms with Gasteiger partial charge in [0, 0.05) is 11.4 Å². The van der Waals surface area contributed by atoms with Crippen LogP contribution < -0.4 is 5.32 Å². The van der Waals surface area contributed by atoms with Crippen LogP contribution >= 0.6 is 11.8 Å². The minimum Gasteiger partial charge on any atom is -0.444 e. The van der Waals surface area contributed by atoms with Crippen molar-refractivity contribution < 1.29 is 31.9 Å². The second-order valence-electron chi connectivity index (χ2n) is 6.65. The molecule has 1 saturated heterocycles. The lowest BCUT2D eigenvalue weighted by atomic mass is 10.1. The van der Waals surface area contributed by atoms with Gasteiger partial charge in [0.1, 0.15) is 17.5 Å². The van der Waals surface area contributed by atoms with Gasteiger partial charge in [-0.15, -0.1) is 11.8 Å². The number of carbonyl (C=O) groups is 2. The van der Waals surface area contributed by atoms with Gasteiger partial charge in [0.05, 0.1) is 11.4 Å². The molecule has 1 heterocycles. The van der Waals surface area contributed by atoms with E-state index < -0.39 is 41.2 Å². The van der Waals surface area contributed by atoms with Crippen LogP contribution in [0.5, 0.6) is 0 Å². The SMILES string of the molecule is CC(C)(C)OC(=O)N1CSCC1C(=O)Nc1ccc(F)c(C(F)(F)F)c1. The number of alkyl halides is 3. The Morgan fingerprint density at radius 3 is 2.50 bits per heavy atom. The Morgan fingerprint density at radius 1 is 1.27 bits per heavy atom. The van der Waals surface area contributed by atoms with Crippen LogP contribution in [0.25, 0.3) is 0 Å². The fourth-order valence-corrected chi connectivity index (χ4v) is 3.35. The molecule has 1 aliphatic rings. The van der Waals surface area contributed by atoms with Gasteiger partial charge in [0.2, 0.25) is 5.91 Å². The fraction of sp³-hybridized carbons (Fsp3) is 0.500. The van der Waals surface area contributed by atoms with E-state index in [1.807, 2.05) is 0 Å². The monoisotopic (exact) mass is 394 g/mol. The molecule has 2 rings (SSSR count). The van der Waals surface area contributed by atoms with Crippen molar-refractivity contribution in [2.24, 2.45) is 0 Å². The molecular weight excluding hydrogens is 376 g/mol. The van der Waals surface area contributed by atoms with Gasteiger partial charge in [-0.3, -0.25) is 9.69 Å². The summed E-state index contributed by atoms with van der Waals surface area (Å²) < 4.78 is 56.9. The Morgan fingerprint density at radius 2 is 1.92 bits per heavy atom. The van der Waals surface area contributed by atoms with Gasteiger partial charge in [0.15, 0.2) is 0 Å². The van der Waals surface area contributed by atoms with E-state index in [-0.39, 0.29) is 17.3 Å². The number of hydrogen-bond donors (Lipinski definition) is 1. The Kier molecular flexibility index (Phi) is 5.74. The highest BCUT2D eigenvalue weighted by molar-refractivity contribution is 7.99. The number of nitrogens with one attached hydrogen (secondary N) is 1. The molecule has 1 fully saturated rings. The molecule has 0 spiro atoms. The molecule has 1 atom stereocenters. The number of nitrogens with zero attached hydrogens (tertiary/aromatic N) is 1. The highest BCUT2D eigenvalue weighted by Gasteiger charge is 2.38. The molecule has 10 heteroatoms. The molecule has 0 bridgehead atoms. The molecule has 2 amide bonds. The lowest BCUT2D eigenvalue weighted by Gasteiger charge is -2.27. The first-order valence-corrected chi connectivity index (χ1v) is 8.79. The van der Waals surface area contributed by atoms with Crippen LogP contribution in [0.2, 0.25) is 0 Å². The van der Waals surface area contributed by atoms with Crippen LogP contribution in [0, 0.1) is 5.82 Å². The van der Waals surface area contributed by atoms with Crippen LogP contribution in [-0.2, 0) is 15.7 Å². The summed E-state index contributed by atoms with van der Waals surface area (Å²) in [4.78, 5) is 25.8. The normalized spacial score (nSPS) is 18.0. The van der Waals surface area contributed by atoms with Crippen molar-refractivity contribution in [2.45, 2.75) is 38.6 Å². The van der Waals surface area contributed by atoms with Crippen LogP contribution in [-0.4, -0.2) is 40.2 Å². The van der Waals surface area contributed by atoms with Crippen molar-refractivity contribution in [3.05, 3.63) is 29.6 Å². The molecule has 1 aromatic rings. The van der Waals surface area contributed by atoms with E-state index in [9.17, 15) is 27.2 Å². The van der Waals surface area contributed by atoms with E-state index in [2.05, 4.69) is 5.32 Å². The second-order valence-corrected chi connectivity index (χ2v) is 7.65.